The van der Waals surface area contributed by atoms with Gasteiger partial charge in [-0.3, -0.25) is 4.79 Å². The minimum Gasteiger partial charge on any atom is -0.321 e. The van der Waals surface area contributed by atoms with Crippen LogP contribution in [0.25, 0.3) is 11.0 Å². The van der Waals surface area contributed by atoms with Crippen molar-refractivity contribution in [3.63, 3.8) is 0 Å². The maximum Gasteiger partial charge on any atom is 0.243 e. The molecule has 3 heterocycles. The minimum absolute atomic E-state index is 0.197. The van der Waals surface area contributed by atoms with Crippen LogP contribution in [0.2, 0.25) is 0 Å². The molecule has 0 atom stereocenters. The Morgan fingerprint density at radius 3 is 2.81 bits per heavy atom. The van der Waals surface area contributed by atoms with Crippen molar-refractivity contribution in [2.45, 2.75) is 13.5 Å². The standard InChI is InChI=1S/C17H14FN7O/c1-11(26)24-10-14(8-21-24)22-17-19-6-13-7-20-25(16(13)23-17)9-12-4-2-3-5-15(12)18/h2-8,10H,9H2,1H3,(H,19,22,23). The van der Waals surface area contributed by atoms with Gasteiger partial charge in [0.2, 0.25) is 11.9 Å². The van der Waals surface area contributed by atoms with Gasteiger partial charge in [-0.05, 0) is 6.07 Å². The number of hydrogen-bond donors (Lipinski definition) is 1. The summed E-state index contributed by atoms with van der Waals surface area (Å²) >= 11 is 0. The highest BCUT2D eigenvalue weighted by atomic mass is 19.1. The Balaban J connectivity index is 1.63. The number of anilines is 2. The molecule has 0 unspecified atom stereocenters. The molecular formula is C17H14FN7O. The van der Waals surface area contributed by atoms with Crippen LogP contribution < -0.4 is 5.32 Å². The first-order chi connectivity index (χ1) is 12.6. The fourth-order valence-electron chi connectivity index (χ4n) is 2.52. The number of nitrogens with zero attached hydrogens (tertiary/aromatic N) is 6. The number of nitrogens with one attached hydrogen (secondary N) is 1. The number of carbonyl (C=O) groups excluding carboxylic acids is 1. The molecule has 1 N–H and O–H groups in total. The number of rotatable bonds is 4. The van der Waals surface area contributed by atoms with Gasteiger partial charge in [0.15, 0.2) is 5.65 Å². The molecule has 0 aliphatic heterocycles. The van der Waals surface area contributed by atoms with Crippen LogP contribution in [0.5, 0.6) is 0 Å². The van der Waals surface area contributed by atoms with Gasteiger partial charge in [-0.25, -0.2) is 18.7 Å². The first-order valence-corrected chi connectivity index (χ1v) is 7.85. The number of carbonyl (C=O) groups is 1. The third kappa shape index (κ3) is 3.02. The smallest absolute Gasteiger partial charge is 0.243 e. The molecule has 26 heavy (non-hydrogen) atoms. The fraction of sp³-hybridized carbons (Fsp3) is 0.118. The molecule has 130 valence electrons. The number of benzene rings is 1. The van der Waals surface area contributed by atoms with Crippen molar-refractivity contribution in [2.75, 3.05) is 5.32 Å². The van der Waals surface area contributed by atoms with E-state index in [0.29, 0.717) is 22.8 Å². The third-order valence-electron chi connectivity index (χ3n) is 3.82. The minimum atomic E-state index is -0.291. The maximum absolute atomic E-state index is 13.9. The summed E-state index contributed by atoms with van der Waals surface area (Å²) in [5.74, 6) is -0.159. The molecule has 0 fully saturated rings. The van der Waals surface area contributed by atoms with Crippen LogP contribution in [0.4, 0.5) is 16.0 Å². The number of aromatic nitrogens is 6. The Morgan fingerprint density at radius 2 is 2.04 bits per heavy atom. The van der Waals surface area contributed by atoms with E-state index in [0.717, 1.165) is 5.39 Å². The second kappa shape index (κ2) is 6.36. The normalized spacial score (nSPS) is 11.0. The molecule has 0 spiro atoms. The first kappa shape index (κ1) is 15.9. The predicted octanol–water partition coefficient (Wildman–Crippen LogP) is 2.61. The first-order valence-electron chi connectivity index (χ1n) is 7.85. The van der Waals surface area contributed by atoms with E-state index >= 15 is 0 Å². The lowest BCUT2D eigenvalue weighted by molar-refractivity contribution is 0.0921. The van der Waals surface area contributed by atoms with E-state index in [9.17, 15) is 9.18 Å². The molecule has 0 aliphatic rings. The fourth-order valence-corrected chi connectivity index (χ4v) is 2.52. The summed E-state index contributed by atoms with van der Waals surface area (Å²) in [5.41, 5.74) is 1.68. The lowest BCUT2D eigenvalue weighted by Crippen LogP contribution is -2.06. The lowest BCUT2D eigenvalue weighted by atomic mass is 10.2. The Hall–Kier alpha value is -3.62. The molecule has 3 aromatic heterocycles. The second-order valence-corrected chi connectivity index (χ2v) is 5.68. The Morgan fingerprint density at radius 1 is 1.19 bits per heavy atom. The molecule has 1 aromatic carbocycles. The zero-order valence-corrected chi connectivity index (χ0v) is 13.8. The monoisotopic (exact) mass is 351 g/mol. The van der Waals surface area contributed by atoms with E-state index in [1.165, 1.54) is 23.9 Å². The number of halogens is 1. The van der Waals surface area contributed by atoms with E-state index < -0.39 is 0 Å². The van der Waals surface area contributed by atoms with E-state index in [-0.39, 0.29) is 18.3 Å². The Labute approximate surface area is 147 Å². The summed E-state index contributed by atoms with van der Waals surface area (Å²) in [5, 5.41) is 11.9. The molecule has 0 radical (unpaired) electrons. The van der Waals surface area contributed by atoms with Crippen LogP contribution >= 0.6 is 0 Å². The summed E-state index contributed by atoms with van der Waals surface area (Å²) in [6.07, 6.45) is 6.32. The van der Waals surface area contributed by atoms with Gasteiger partial charge in [0.25, 0.3) is 0 Å². The molecule has 0 saturated heterocycles. The van der Waals surface area contributed by atoms with Crippen LogP contribution in [-0.4, -0.2) is 35.4 Å². The van der Waals surface area contributed by atoms with Gasteiger partial charge in [0, 0.05) is 18.7 Å². The summed E-state index contributed by atoms with van der Waals surface area (Å²) in [4.78, 5) is 20.0. The van der Waals surface area contributed by atoms with Crippen molar-refractivity contribution in [2.24, 2.45) is 0 Å². The number of fused-ring (bicyclic) bond motifs is 1. The molecule has 0 saturated carbocycles. The van der Waals surface area contributed by atoms with Crippen molar-refractivity contribution >= 4 is 28.6 Å². The maximum atomic E-state index is 13.9. The van der Waals surface area contributed by atoms with E-state index in [2.05, 4.69) is 25.5 Å². The van der Waals surface area contributed by atoms with E-state index in [1.807, 2.05) is 0 Å². The van der Waals surface area contributed by atoms with Crippen molar-refractivity contribution in [3.05, 3.63) is 60.4 Å². The molecule has 0 aliphatic carbocycles. The summed E-state index contributed by atoms with van der Waals surface area (Å²) in [7, 11) is 0. The summed E-state index contributed by atoms with van der Waals surface area (Å²) in [6, 6.07) is 6.54. The van der Waals surface area contributed by atoms with Crippen molar-refractivity contribution in [1.82, 2.24) is 29.5 Å². The molecule has 0 bridgehead atoms. The van der Waals surface area contributed by atoms with E-state index in [4.69, 9.17) is 0 Å². The SMILES string of the molecule is CC(=O)n1cc(Nc2ncc3cnn(Cc4ccccc4F)c3n2)cn1. The second-order valence-electron chi connectivity index (χ2n) is 5.68. The Bertz CT molecular complexity index is 1100. The molecule has 8 nitrogen and oxygen atoms in total. The zero-order chi connectivity index (χ0) is 18.1. The average Bonchev–Trinajstić information content (AvgIpc) is 3.24. The van der Waals surface area contributed by atoms with Gasteiger partial charge in [0.05, 0.1) is 36.2 Å². The highest BCUT2D eigenvalue weighted by Crippen LogP contribution is 2.17. The predicted molar refractivity (Wildman–Crippen MR) is 92.6 cm³/mol. The largest absolute Gasteiger partial charge is 0.321 e. The van der Waals surface area contributed by atoms with Gasteiger partial charge in [0.1, 0.15) is 5.82 Å². The van der Waals surface area contributed by atoms with Gasteiger partial charge >= 0.3 is 0 Å². The third-order valence-corrected chi connectivity index (χ3v) is 3.82. The Kier molecular flexibility index (Phi) is 3.88. The molecule has 0 amide bonds. The van der Waals surface area contributed by atoms with Crippen LogP contribution in [0, 0.1) is 5.82 Å². The topological polar surface area (TPSA) is 90.5 Å². The van der Waals surface area contributed by atoms with Crippen LogP contribution in [0.3, 0.4) is 0 Å². The quantitative estimate of drug-likeness (QED) is 0.608. The van der Waals surface area contributed by atoms with Gasteiger partial charge in [-0.1, -0.05) is 18.2 Å². The zero-order valence-electron chi connectivity index (χ0n) is 13.8. The van der Waals surface area contributed by atoms with Gasteiger partial charge in [-0.15, -0.1) is 0 Å². The summed E-state index contributed by atoms with van der Waals surface area (Å²) in [6.45, 7) is 1.68. The van der Waals surface area contributed by atoms with Crippen LogP contribution in [0.1, 0.15) is 17.3 Å². The molecule has 9 heteroatoms. The van der Waals surface area contributed by atoms with Crippen LogP contribution in [0.15, 0.2) is 49.1 Å². The van der Waals surface area contributed by atoms with Crippen molar-refractivity contribution in [1.29, 1.82) is 0 Å². The van der Waals surface area contributed by atoms with Gasteiger partial charge in [-0.2, -0.15) is 15.2 Å². The molecule has 4 aromatic rings. The molecule has 4 rings (SSSR count). The van der Waals surface area contributed by atoms with Crippen molar-refractivity contribution < 1.29 is 9.18 Å². The lowest BCUT2D eigenvalue weighted by Gasteiger charge is -2.06. The van der Waals surface area contributed by atoms with Crippen molar-refractivity contribution in [3.8, 4) is 0 Å². The highest BCUT2D eigenvalue weighted by Gasteiger charge is 2.10. The highest BCUT2D eigenvalue weighted by molar-refractivity contribution is 5.77. The summed E-state index contributed by atoms with van der Waals surface area (Å²) < 4.78 is 16.7. The number of hydrogen-bond acceptors (Lipinski definition) is 6. The van der Waals surface area contributed by atoms with Crippen LogP contribution in [-0.2, 0) is 6.54 Å². The molecular weight excluding hydrogens is 337 g/mol. The van der Waals surface area contributed by atoms with E-state index in [1.54, 1.807) is 41.5 Å². The average molecular weight is 351 g/mol. The van der Waals surface area contributed by atoms with Gasteiger partial charge < -0.3 is 5.32 Å².